The summed E-state index contributed by atoms with van der Waals surface area (Å²) in [5.41, 5.74) is 8.60. The first-order chi connectivity index (χ1) is 25.3. The molecule has 2 aliphatic rings. The molecule has 0 spiro atoms. The summed E-state index contributed by atoms with van der Waals surface area (Å²) < 4.78 is 10.9. The topological polar surface area (TPSA) is 57.8 Å². The van der Waals surface area contributed by atoms with Crippen molar-refractivity contribution in [3.63, 3.8) is 0 Å². The number of rotatable bonds is 4. The van der Waals surface area contributed by atoms with Crippen LogP contribution in [0.4, 0.5) is 0 Å². The summed E-state index contributed by atoms with van der Waals surface area (Å²) in [6.07, 6.45) is 8.64. The van der Waals surface area contributed by atoms with E-state index in [0.717, 1.165) is 60.8 Å². The maximum Gasteiger partial charge on any atom is 0.238 e. The van der Waals surface area contributed by atoms with Gasteiger partial charge in [-0.15, -0.1) is 0 Å². The summed E-state index contributed by atoms with van der Waals surface area (Å²) in [7, 11) is 0. The highest BCUT2D eigenvalue weighted by Crippen LogP contribution is 2.44. The molecule has 0 bridgehead atoms. The normalized spacial score (nSPS) is 16.2. The van der Waals surface area contributed by atoms with Crippen LogP contribution in [0.2, 0.25) is 0 Å². The fourth-order valence-corrected chi connectivity index (χ4v) is 7.99. The molecular formula is C45H29N5O. The van der Waals surface area contributed by atoms with E-state index < -0.39 is 0 Å². The van der Waals surface area contributed by atoms with Crippen LogP contribution in [-0.4, -0.2) is 30.2 Å². The lowest BCUT2D eigenvalue weighted by molar-refractivity contribution is 0.269. The van der Waals surface area contributed by atoms with Gasteiger partial charge in [-0.25, -0.2) is 4.98 Å². The summed E-state index contributed by atoms with van der Waals surface area (Å²) in [5, 5.41) is 4.62. The lowest BCUT2D eigenvalue weighted by atomic mass is 9.92. The van der Waals surface area contributed by atoms with E-state index in [1.165, 1.54) is 10.9 Å². The highest BCUT2D eigenvalue weighted by Gasteiger charge is 2.32. The van der Waals surface area contributed by atoms with Crippen LogP contribution in [0, 0.1) is 0 Å². The standard InChI is InChI=1S/C45H29N5O/c1-3-13-28(14-4-1)43-46-44(29-15-5-2-6-16-29)48-45(47-43)50-38-21-11-8-18-32(38)35-26-39-34(27-40(35)50)31-17-7-10-20-37(31)49(39)30-23-24-42-36(25-30)33-19-9-12-22-41(33)51-42/h1-27,33,41H. The van der Waals surface area contributed by atoms with E-state index >= 15 is 0 Å². The first-order valence-corrected chi connectivity index (χ1v) is 17.3. The van der Waals surface area contributed by atoms with Crippen LogP contribution in [0.1, 0.15) is 11.5 Å². The molecule has 240 valence electrons. The van der Waals surface area contributed by atoms with Gasteiger partial charge in [-0.05, 0) is 48.5 Å². The number of aromatic nitrogens is 5. The predicted octanol–water partition coefficient (Wildman–Crippen LogP) is 10.4. The first-order valence-electron chi connectivity index (χ1n) is 17.3. The maximum atomic E-state index is 6.32. The molecule has 6 heteroatoms. The molecule has 0 fully saturated rings. The summed E-state index contributed by atoms with van der Waals surface area (Å²) in [4.78, 5) is 15.3. The Morgan fingerprint density at radius 3 is 1.71 bits per heavy atom. The Kier molecular flexibility index (Phi) is 5.98. The van der Waals surface area contributed by atoms with Crippen LogP contribution < -0.4 is 4.74 Å². The smallest absolute Gasteiger partial charge is 0.238 e. The van der Waals surface area contributed by atoms with Crippen molar-refractivity contribution >= 4 is 43.6 Å². The minimum Gasteiger partial charge on any atom is -0.485 e. The molecule has 0 radical (unpaired) electrons. The van der Waals surface area contributed by atoms with E-state index in [1.54, 1.807) is 0 Å². The first kappa shape index (κ1) is 28.1. The predicted molar refractivity (Wildman–Crippen MR) is 205 cm³/mol. The fraction of sp³-hybridized carbons (Fsp3) is 0.0444. The number of hydrogen-bond donors (Lipinski definition) is 0. The summed E-state index contributed by atoms with van der Waals surface area (Å²) >= 11 is 0. The van der Waals surface area contributed by atoms with Crippen molar-refractivity contribution in [1.29, 1.82) is 0 Å². The Labute approximate surface area is 293 Å². The lowest BCUT2D eigenvalue weighted by Gasteiger charge is -2.14. The Morgan fingerprint density at radius 2 is 1.04 bits per heavy atom. The molecule has 9 aromatic rings. The largest absolute Gasteiger partial charge is 0.485 e. The van der Waals surface area contributed by atoms with Crippen molar-refractivity contribution in [1.82, 2.24) is 24.1 Å². The third kappa shape index (κ3) is 4.26. The Bertz CT molecular complexity index is 2840. The van der Waals surface area contributed by atoms with Crippen LogP contribution in [0.5, 0.6) is 5.75 Å². The van der Waals surface area contributed by atoms with Gasteiger partial charge in [0.25, 0.3) is 0 Å². The summed E-state index contributed by atoms with van der Waals surface area (Å²) in [5.74, 6) is 3.02. The van der Waals surface area contributed by atoms with Gasteiger partial charge in [-0.2, -0.15) is 9.97 Å². The highest BCUT2D eigenvalue weighted by atomic mass is 16.5. The van der Waals surface area contributed by atoms with Gasteiger partial charge < -0.3 is 9.30 Å². The van der Waals surface area contributed by atoms with Crippen LogP contribution in [-0.2, 0) is 0 Å². The van der Waals surface area contributed by atoms with Gasteiger partial charge in [0.2, 0.25) is 5.95 Å². The zero-order chi connectivity index (χ0) is 33.5. The van der Waals surface area contributed by atoms with Crippen LogP contribution in [0.15, 0.2) is 164 Å². The Morgan fingerprint density at radius 1 is 0.471 bits per heavy atom. The maximum absolute atomic E-state index is 6.32. The molecule has 0 saturated heterocycles. The molecule has 1 aliphatic heterocycles. The minimum atomic E-state index is 0.0457. The molecule has 6 nitrogen and oxygen atoms in total. The second-order valence-electron chi connectivity index (χ2n) is 13.2. The molecule has 2 atom stereocenters. The number of benzene rings is 6. The van der Waals surface area contributed by atoms with E-state index in [9.17, 15) is 0 Å². The monoisotopic (exact) mass is 655 g/mol. The van der Waals surface area contributed by atoms with Crippen molar-refractivity contribution in [3.05, 3.63) is 169 Å². The number of hydrogen-bond acceptors (Lipinski definition) is 4. The van der Waals surface area contributed by atoms with Gasteiger partial charge in [0, 0.05) is 49.8 Å². The molecule has 4 heterocycles. The minimum absolute atomic E-state index is 0.0457. The van der Waals surface area contributed by atoms with Crippen LogP contribution in [0.3, 0.4) is 0 Å². The summed E-state index contributed by atoms with van der Waals surface area (Å²) in [6, 6.07) is 48.8. The van der Waals surface area contributed by atoms with Crippen LogP contribution >= 0.6 is 0 Å². The van der Waals surface area contributed by atoms with Gasteiger partial charge in [0.05, 0.1) is 22.1 Å². The number of fused-ring (bicyclic) bond motifs is 9. The molecule has 3 aromatic heterocycles. The van der Waals surface area contributed by atoms with E-state index in [2.05, 4.69) is 112 Å². The zero-order valence-electron chi connectivity index (χ0n) is 27.4. The average Bonchev–Trinajstić information content (AvgIpc) is 3.84. The SMILES string of the molecule is C1=CC2Oc3ccc(-n4c5ccccc5c5cc6c(cc54)c4ccccc4n6-c4nc(-c5ccccc5)nc(-c5ccccc5)n4)cc3C2C=C1. The Balaban J connectivity index is 1.19. The Hall–Kier alpha value is -6.79. The number of para-hydroxylation sites is 2. The van der Waals surface area contributed by atoms with E-state index in [1.807, 2.05) is 60.7 Å². The average molecular weight is 656 g/mol. The lowest BCUT2D eigenvalue weighted by Crippen LogP contribution is -2.15. The van der Waals surface area contributed by atoms with Gasteiger partial charge in [0.1, 0.15) is 11.9 Å². The molecule has 0 N–H and O–H groups in total. The third-order valence-corrected chi connectivity index (χ3v) is 10.3. The third-order valence-electron chi connectivity index (χ3n) is 10.3. The fourth-order valence-electron chi connectivity index (χ4n) is 7.99. The highest BCUT2D eigenvalue weighted by molar-refractivity contribution is 6.18. The van der Waals surface area contributed by atoms with Gasteiger partial charge in [-0.3, -0.25) is 4.57 Å². The molecule has 0 amide bonds. The van der Waals surface area contributed by atoms with E-state index in [4.69, 9.17) is 19.7 Å². The molecular weight excluding hydrogens is 627 g/mol. The van der Waals surface area contributed by atoms with E-state index in [0.29, 0.717) is 17.6 Å². The van der Waals surface area contributed by atoms with Crippen LogP contribution in [0.25, 0.3) is 78.0 Å². The quantitative estimate of drug-likeness (QED) is 0.189. The van der Waals surface area contributed by atoms with Crippen molar-refractivity contribution in [2.24, 2.45) is 0 Å². The second-order valence-corrected chi connectivity index (χ2v) is 13.2. The molecule has 0 saturated carbocycles. The van der Waals surface area contributed by atoms with Crippen molar-refractivity contribution in [3.8, 4) is 40.2 Å². The molecule has 6 aromatic carbocycles. The van der Waals surface area contributed by atoms with Crippen molar-refractivity contribution in [2.75, 3.05) is 0 Å². The van der Waals surface area contributed by atoms with Gasteiger partial charge in [0.15, 0.2) is 11.6 Å². The summed E-state index contributed by atoms with van der Waals surface area (Å²) in [6.45, 7) is 0. The van der Waals surface area contributed by atoms with E-state index in [-0.39, 0.29) is 12.0 Å². The number of allylic oxidation sites excluding steroid dienone is 2. The van der Waals surface area contributed by atoms with Gasteiger partial charge in [-0.1, -0.05) is 115 Å². The van der Waals surface area contributed by atoms with Gasteiger partial charge >= 0.3 is 0 Å². The second kappa shape index (κ2) is 10.9. The zero-order valence-corrected chi connectivity index (χ0v) is 27.4. The van der Waals surface area contributed by atoms with Crippen molar-refractivity contribution in [2.45, 2.75) is 12.0 Å². The molecule has 11 rings (SSSR count). The van der Waals surface area contributed by atoms with Crippen molar-refractivity contribution < 1.29 is 4.74 Å². The molecule has 2 unspecified atom stereocenters. The molecule has 1 aliphatic carbocycles. The number of nitrogens with zero attached hydrogens (tertiary/aromatic N) is 5. The number of ether oxygens (including phenoxy) is 1. The molecule has 51 heavy (non-hydrogen) atoms.